The number of hydrogen-bond acceptors (Lipinski definition) is 9. The number of nitrogens with one attached hydrogen (secondary N) is 2. The molecule has 0 spiro atoms. The molecule has 4 N–H and O–H groups in total. The fraction of sp³-hybridized carbons (Fsp3) is 0.350. The van der Waals surface area contributed by atoms with Crippen LogP contribution in [0.2, 0.25) is 0 Å². The Balaban J connectivity index is 1.29. The summed E-state index contributed by atoms with van der Waals surface area (Å²) in [4.78, 5) is 38.5. The van der Waals surface area contributed by atoms with Crippen molar-refractivity contribution in [2.75, 3.05) is 30.3 Å². The van der Waals surface area contributed by atoms with E-state index < -0.39 is 0 Å². The molecule has 4 heterocycles. The van der Waals surface area contributed by atoms with Gasteiger partial charge in [0.05, 0.1) is 22.5 Å². The lowest BCUT2D eigenvalue weighted by atomic mass is 9.97. The first kappa shape index (κ1) is 20.3. The predicted molar refractivity (Wildman–Crippen MR) is 116 cm³/mol. The number of carbonyl (C=O) groups excluding carboxylic acids is 2. The van der Waals surface area contributed by atoms with E-state index in [2.05, 4.69) is 30.5 Å². The molecule has 30 heavy (non-hydrogen) atoms. The first-order chi connectivity index (χ1) is 14.6. The van der Waals surface area contributed by atoms with E-state index in [1.807, 2.05) is 6.07 Å². The van der Waals surface area contributed by atoms with Crippen LogP contribution in [0.3, 0.4) is 0 Å². The van der Waals surface area contributed by atoms with Gasteiger partial charge in [0, 0.05) is 32.0 Å². The van der Waals surface area contributed by atoms with Crippen molar-refractivity contribution in [3.63, 3.8) is 0 Å². The van der Waals surface area contributed by atoms with Crippen molar-refractivity contribution in [3.05, 3.63) is 46.9 Å². The number of nitrogens with zero attached hydrogens (tertiary/aromatic N) is 4. The van der Waals surface area contributed by atoms with E-state index in [-0.39, 0.29) is 11.1 Å². The molecule has 0 radical (unpaired) electrons. The van der Waals surface area contributed by atoms with Crippen molar-refractivity contribution in [1.82, 2.24) is 25.6 Å². The van der Waals surface area contributed by atoms with Gasteiger partial charge < -0.3 is 16.0 Å². The standard InChI is InChI=1S/C20H23N7O2S/c21-16-12-22-5-1-14(16)11-23-10-13-3-7-27(8-4-13)19-24-6-2-15(25-19)9-17-18(28)26-20(29)30-17/h1-2,5-6,9,12-13,23H,3-4,7-8,10-11,21H2,(H,26,28,29)/b17-9+. The highest BCUT2D eigenvalue weighted by molar-refractivity contribution is 8.18. The van der Waals surface area contributed by atoms with E-state index in [0.717, 1.165) is 56.3 Å². The first-order valence-corrected chi connectivity index (χ1v) is 10.6. The fourth-order valence-corrected chi connectivity index (χ4v) is 4.16. The second-order valence-corrected chi connectivity index (χ2v) is 8.28. The number of rotatable bonds is 6. The Kier molecular flexibility index (Phi) is 6.24. The van der Waals surface area contributed by atoms with Crippen LogP contribution >= 0.6 is 11.8 Å². The van der Waals surface area contributed by atoms with Crippen molar-refractivity contribution in [1.29, 1.82) is 0 Å². The molecule has 10 heteroatoms. The van der Waals surface area contributed by atoms with Crippen molar-refractivity contribution in [3.8, 4) is 0 Å². The molecule has 0 atom stereocenters. The van der Waals surface area contributed by atoms with Crippen molar-refractivity contribution in [2.24, 2.45) is 5.92 Å². The quantitative estimate of drug-likeness (QED) is 0.594. The summed E-state index contributed by atoms with van der Waals surface area (Å²) in [5.74, 6) is 0.848. The molecule has 9 nitrogen and oxygen atoms in total. The molecule has 4 rings (SSSR count). The average Bonchev–Trinajstić information content (AvgIpc) is 3.07. The molecule has 0 bridgehead atoms. The second-order valence-electron chi connectivity index (χ2n) is 7.27. The predicted octanol–water partition coefficient (Wildman–Crippen LogP) is 1.78. The largest absolute Gasteiger partial charge is 0.397 e. The van der Waals surface area contributed by atoms with Crippen LogP contribution < -0.4 is 21.3 Å². The minimum absolute atomic E-state index is 0.351. The molecule has 2 saturated heterocycles. The van der Waals surface area contributed by atoms with Gasteiger partial charge in [-0.15, -0.1) is 0 Å². The fourth-order valence-electron chi connectivity index (χ4n) is 3.49. The Hall–Kier alpha value is -2.98. The molecule has 0 aliphatic carbocycles. The second kappa shape index (κ2) is 9.23. The summed E-state index contributed by atoms with van der Waals surface area (Å²) in [7, 11) is 0. The molecule has 2 aromatic heterocycles. The topological polar surface area (TPSA) is 126 Å². The minimum atomic E-state index is -0.382. The third-order valence-corrected chi connectivity index (χ3v) is 5.99. The van der Waals surface area contributed by atoms with E-state index in [0.29, 0.717) is 28.2 Å². The Bertz CT molecular complexity index is 973. The summed E-state index contributed by atoms with van der Waals surface area (Å²) in [6.45, 7) is 3.42. The summed E-state index contributed by atoms with van der Waals surface area (Å²) in [5.41, 5.74) is 8.33. The number of nitrogen functional groups attached to an aromatic ring is 1. The Morgan fingerprint density at radius 1 is 1.27 bits per heavy atom. The van der Waals surface area contributed by atoms with Crippen LogP contribution in [-0.4, -0.2) is 45.7 Å². The molecule has 0 unspecified atom stereocenters. The molecule has 2 aliphatic rings. The maximum absolute atomic E-state index is 11.7. The molecule has 2 aliphatic heterocycles. The molecule has 0 aromatic carbocycles. The third-order valence-electron chi connectivity index (χ3n) is 5.18. The SMILES string of the molecule is Nc1cnccc1CNCC1CCN(c2nccc(/C=C3/SC(=O)NC3=O)n2)CC1. The van der Waals surface area contributed by atoms with Gasteiger partial charge in [0.25, 0.3) is 11.1 Å². The normalized spacial score (nSPS) is 18.8. The highest BCUT2D eigenvalue weighted by atomic mass is 32.2. The number of imide groups is 1. The summed E-state index contributed by atoms with van der Waals surface area (Å²) in [6, 6.07) is 3.67. The molecular weight excluding hydrogens is 402 g/mol. The number of nitrogens with two attached hydrogens (primary N) is 1. The van der Waals surface area contributed by atoms with Crippen LogP contribution in [0.4, 0.5) is 16.4 Å². The lowest BCUT2D eigenvalue weighted by Gasteiger charge is -2.32. The Labute approximate surface area is 178 Å². The van der Waals surface area contributed by atoms with Crippen molar-refractivity contribution >= 4 is 40.6 Å². The van der Waals surface area contributed by atoms with Crippen LogP contribution in [0.1, 0.15) is 24.1 Å². The number of carbonyl (C=O) groups is 2. The molecular formula is C20H23N7O2S. The maximum atomic E-state index is 11.7. The maximum Gasteiger partial charge on any atom is 0.290 e. The van der Waals surface area contributed by atoms with Gasteiger partial charge in [0.15, 0.2) is 0 Å². The van der Waals surface area contributed by atoms with E-state index in [1.54, 1.807) is 30.7 Å². The average molecular weight is 426 g/mol. The van der Waals surface area contributed by atoms with Crippen LogP contribution in [0, 0.1) is 5.92 Å². The van der Waals surface area contributed by atoms with Gasteiger partial charge >= 0.3 is 0 Å². The highest BCUT2D eigenvalue weighted by Crippen LogP contribution is 2.26. The van der Waals surface area contributed by atoms with Crippen molar-refractivity contribution < 1.29 is 9.59 Å². The lowest BCUT2D eigenvalue weighted by Crippen LogP contribution is -2.38. The van der Waals surface area contributed by atoms with Crippen LogP contribution in [0.25, 0.3) is 6.08 Å². The number of pyridine rings is 1. The molecule has 2 aromatic rings. The zero-order chi connectivity index (χ0) is 20.9. The minimum Gasteiger partial charge on any atom is -0.397 e. The number of thioether (sulfide) groups is 1. The zero-order valence-corrected chi connectivity index (χ0v) is 17.2. The van der Waals surface area contributed by atoms with Gasteiger partial charge in [-0.3, -0.25) is 19.9 Å². The van der Waals surface area contributed by atoms with Crippen LogP contribution in [-0.2, 0) is 11.3 Å². The van der Waals surface area contributed by atoms with Crippen LogP contribution in [0.15, 0.2) is 35.6 Å². The third kappa shape index (κ3) is 4.95. The Morgan fingerprint density at radius 2 is 2.10 bits per heavy atom. The first-order valence-electron chi connectivity index (χ1n) is 9.80. The van der Waals surface area contributed by atoms with E-state index in [4.69, 9.17) is 5.73 Å². The Morgan fingerprint density at radius 3 is 2.83 bits per heavy atom. The zero-order valence-electron chi connectivity index (χ0n) is 16.4. The number of anilines is 2. The lowest BCUT2D eigenvalue weighted by molar-refractivity contribution is -0.115. The van der Waals surface area contributed by atoms with Crippen molar-refractivity contribution in [2.45, 2.75) is 19.4 Å². The van der Waals surface area contributed by atoms with Gasteiger partial charge in [-0.25, -0.2) is 9.97 Å². The van der Waals surface area contributed by atoms with Gasteiger partial charge in [-0.1, -0.05) is 0 Å². The van der Waals surface area contributed by atoms with E-state index in [1.165, 1.54) is 0 Å². The summed E-state index contributed by atoms with van der Waals surface area (Å²) in [5, 5.41) is 5.38. The van der Waals surface area contributed by atoms with Gasteiger partial charge in [0.2, 0.25) is 5.95 Å². The molecule has 0 saturated carbocycles. The van der Waals surface area contributed by atoms with Gasteiger partial charge in [0.1, 0.15) is 0 Å². The molecule has 2 amide bonds. The van der Waals surface area contributed by atoms with E-state index >= 15 is 0 Å². The van der Waals surface area contributed by atoms with Crippen LogP contribution in [0.5, 0.6) is 0 Å². The monoisotopic (exact) mass is 425 g/mol. The summed E-state index contributed by atoms with van der Waals surface area (Å²) < 4.78 is 0. The summed E-state index contributed by atoms with van der Waals surface area (Å²) >= 11 is 0.886. The summed E-state index contributed by atoms with van der Waals surface area (Å²) in [6.07, 6.45) is 8.82. The number of hydrogen-bond donors (Lipinski definition) is 3. The molecule has 156 valence electrons. The smallest absolute Gasteiger partial charge is 0.290 e. The van der Waals surface area contributed by atoms with Gasteiger partial charge in [-0.2, -0.15) is 0 Å². The van der Waals surface area contributed by atoms with E-state index in [9.17, 15) is 9.59 Å². The highest BCUT2D eigenvalue weighted by Gasteiger charge is 2.25. The molecule has 2 fully saturated rings. The van der Waals surface area contributed by atoms with Gasteiger partial charge in [-0.05, 0) is 60.8 Å². The number of aromatic nitrogens is 3. The number of amides is 2. The number of piperidine rings is 1.